The van der Waals surface area contributed by atoms with E-state index in [2.05, 4.69) is 20.2 Å². The number of hydrogen-bond acceptors (Lipinski definition) is 5. The van der Waals surface area contributed by atoms with Gasteiger partial charge in [-0.2, -0.15) is 5.10 Å². The van der Waals surface area contributed by atoms with Gasteiger partial charge in [-0.3, -0.25) is 10.1 Å². The standard InChI is InChI=1S/C19H16N4O2S/c1-12-18-15(16-5-3-4-10-20-16)11-17(21-19(18)23-22-12)13-6-8-14(9-7-13)26(2,24)25/h3-11H,1-2H3,(H,21,22,23). The Morgan fingerprint density at radius 2 is 1.77 bits per heavy atom. The van der Waals surface area contributed by atoms with Gasteiger partial charge >= 0.3 is 0 Å². The van der Waals surface area contributed by atoms with E-state index in [9.17, 15) is 8.42 Å². The average Bonchev–Trinajstić information content (AvgIpc) is 3.02. The fourth-order valence-electron chi connectivity index (χ4n) is 2.92. The number of sulfone groups is 1. The van der Waals surface area contributed by atoms with Gasteiger partial charge in [0.2, 0.25) is 0 Å². The van der Waals surface area contributed by atoms with Crippen LogP contribution in [0.15, 0.2) is 59.6 Å². The van der Waals surface area contributed by atoms with E-state index >= 15 is 0 Å². The maximum Gasteiger partial charge on any atom is 0.182 e. The van der Waals surface area contributed by atoms with Gasteiger partial charge in [-0.1, -0.05) is 18.2 Å². The maximum atomic E-state index is 11.7. The smallest absolute Gasteiger partial charge is 0.182 e. The Bertz CT molecular complexity index is 1200. The second kappa shape index (κ2) is 6.03. The van der Waals surface area contributed by atoms with Gasteiger partial charge in [0.05, 0.1) is 21.7 Å². The third-order valence-corrected chi connectivity index (χ3v) is 5.35. The summed E-state index contributed by atoms with van der Waals surface area (Å²) in [6.45, 7) is 1.95. The molecule has 0 atom stereocenters. The number of benzene rings is 1. The van der Waals surface area contributed by atoms with E-state index in [-0.39, 0.29) is 4.90 Å². The molecule has 4 aromatic rings. The molecule has 1 N–H and O–H groups in total. The Morgan fingerprint density at radius 1 is 1.00 bits per heavy atom. The summed E-state index contributed by atoms with van der Waals surface area (Å²) < 4.78 is 23.3. The molecule has 7 heteroatoms. The van der Waals surface area contributed by atoms with Crippen LogP contribution in [-0.2, 0) is 9.84 Å². The number of aromatic amines is 1. The van der Waals surface area contributed by atoms with E-state index < -0.39 is 9.84 Å². The van der Waals surface area contributed by atoms with E-state index in [1.54, 1.807) is 30.5 Å². The summed E-state index contributed by atoms with van der Waals surface area (Å²) in [5, 5.41) is 8.19. The summed E-state index contributed by atoms with van der Waals surface area (Å²) in [5.41, 5.74) is 4.82. The van der Waals surface area contributed by atoms with E-state index in [0.717, 1.165) is 27.9 Å². The molecule has 0 spiro atoms. The number of H-pyrrole nitrogens is 1. The van der Waals surface area contributed by atoms with Crippen LogP contribution in [0.1, 0.15) is 5.69 Å². The van der Waals surface area contributed by atoms with Gasteiger partial charge in [0, 0.05) is 29.3 Å². The Labute approximate surface area is 150 Å². The van der Waals surface area contributed by atoms with Crippen LogP contribution in [0, 0.1) is 6.92 Å². The Kier molecular flexibility index (Phi) is 3.81. The molecular weight excluding hydrogens is 348 g/mol. The first-order valence-electron chi connectivity index (χ1n) is 8.01. The average molecular weight is 364 g/mol. The van der Waals surface area contributed by atoms with Crippen LogP contribution in [0.3, 0.4) is 0 Å². The molecule has 0 aliphatic heterocycles. The zero-order valence-electron chi connectivity index (χ0n) is 14.3. The number of nitrogens with zero attached hydrogens (tertiary/aromatic N) is 3. The summed E-state index contributed by atoms with van der Waals surface area (Å²) in [6.07, 6.45) is 2.94. The number of pyridine rings is 2. The predicted octanol–water partition coefficient (Wildman–Crippen LogP) is 3.40. The van der Waals surface area contributed by atoms with E-state index in [1.165, 1.54) is 6.26 Å². The van der Waals surface area contributed by atoms with Crippen molar-refractivity contribution in [2.45, 2.75) is 11.8 Å². The number of aryl methyl sites for hydroxylation is 1. The number of rotatable bonds is 3. The van der Waals surface area contributed by atoms with Crippen LogP contribution in [0.5, 0.6) is 0 Å². The van der Waals surface area contributed by atoms with Gasteiger partial charge in [0.25, 0.3) is 0 Å². The summed E-state index contributed by atoms with van der Waals surface area (Å²) in [5.74, 6) is 0. The van der Waals surface area contributed by atoms with Crippen molar-refractivity contribution >= 4 is 20.9 Å². The minimum atomic E-state index is -3.23. The molecule has 3 aromatic heterocycles. The van der Waals surface area contributed by atoms with Crippen molar-refractivity contribution in [2.24, 2.45) is 0 Å². The lowest BCUT2D eigenvalue weighted by atomic mass is 10.0. The molecule has 130 valence electrons. The molecule has 0 bridgehead atoms. The largest absolute Gasteiger partial charge is 0.280 e. The van der Waals surface area contributed by atoms with Crippen molar-refractivity contribution < 1.29 is 8.42 Å². The quantitative estimate of drug-likeness (QED) is 0.602. The van der Waals surface area contributed by atoms with Gasteiger partial charge in [-0.25, -0.2) is 13.4 Å². The first-order valence-corrected chi connectivity index (χ1v) is 9.90. The number of nitrogens with one attached hydrogen (secondary N) is 1. The van der Waals surface area contributed by atoms with E-state index in [0.29, 0.717) is 11.3 Å². The van der Waals surface area contributed by atoms with Crippen LogP contribution in [-0.4, -0.2) is 34.8 Å². The molecule has 4 rings (SSSR count). The molecule has 0 radical (unpaired) electrons. The molecule has 0 fully saturated rings. The molecule has 0 saturated carbocycles. The minimum Gasteiger partial charge on any atom is -0.280 e. The summed E-state index contributed by atoms with van der Waals surface area (Å²) in [6, 6.07) is 14.4. The van der Waals surface area contributed by atoms with Crippen molar-refractivity contribution in [3.63, 3.8) is 0 Å². The molecule has 26 heavy (non-hydrogen) atoms. The van der Waals surface area contributed by atoms with Crippen molar-refractivity contribution in [1.29, 1.82) is 0 Å². The van der Waals surface area contributed by atoms with Gasteiger partial charge in [0.15, 0.2) is 15.5 Å². The molecule has 0 unspecified atom stereocenters. The van der Waals surface area contributed by atoms with Crippen LogP contribution in [0.4, 0.5) is 0 Å². The molecule has 0 amide bonds. The van der Waals surface area contributed by atoms with Crippen molar-refractivity contribution in [3.05, 3.63) is 60.4 Å². The molecule has 0 saturated heterocycles. The van der Waals surface area contributed by atoms with Crippen LogP contribution >= 0.6 is 0 Å². The maximum absolute atomic E-state index is 11.7. The van der Waals surface area contributed by atoms with Crippen molar-refractivity contribution in [1.82, 2.24) is 20.2 Å². The Balaban J connectivity index is 1.92. The summed E-state index contributed by atoms with van der Waals surface area (Å²) in [7, 11) is -3.23. The number of hydrogen-bond donors (Lipinski definition) is 1. The Morgan fingerprint density at radius 3 is 2.42 bits per heavy atom. The molecule has 1 aromatic carbocycles. The number of aromatic nitrogens is 4. The van der Waals surface area contributed by atoms with E-state index in [1.807, 2.05) is 31.2 Å². The highest BCUT2D eigenvalue weighted by Gasteiger charge is 2.15. The first-order chi connectivity index (χ1) is 12.4. The second-order valence-electron chi connectivity index (χ2n) is 6.11. The van der Waals surface area contributed by atoms with Gasteiger partial charge in [0.1, 0.15) is 0 Å². The highest BCUT2D eigenvalue weighted by molar-refractivity contribution is 7.90. The molecule has 3 heterocycles. The number of fused-ring (bicyclic) bond motifs is 1. The highest BCUT2D eigenvalue weighted by atomic mass is 32.2. The van der Waals surface area contributed by atoms with Crippen LogP contribution in [0.2, 0.25) is 0 Å². The third-order valence-electron chi connectivity index (χ3n) is 4.22. The highest BCUT2D eigenvalue weighted by Crippen LogP contribution is 2.32. The van der Waals surface area contributed by atoms with Crippen LogP contribution < -0.4 is 0 Å². The zero-order chi connectivity index (χ0) is 18.3. The lowest BCUT2D eigenvalue weighted by molar-refractivity contribution is 0.602. The fourth-order valence-corrected chi connectivity index (χ4v) is 3.55. The van der Waals surface area contributed by atoms with Crippen molar-refractivity contribution in [2.75, 3.05) is 6.26 Å². The molecule has 6 nitrogen and oxygen atoms in total. The third kappa shape index (κ3) is 2.86. The minimum absolute atomic E-state index is 0.280. The normalized spacial score (nSPS) is 11.8. The lowest BCUT2D eigenvalue weighted by Gasteiger charge is -2.08. The molecule has 0 aliphatic rings. The molecule has 0 aliphatic carbocycles. The van der Waals surface area contributed by atoms with Gasteiger partial charge in [-0.05, 0) is 37.3 Å². The monoisotopic (exact) mass is 364 g/mol. The lowest BCUT2D eigenvalue weighted by Crippen LogP contribution is -1.96. The topological polar surface area (TPSA) is 88.6 Å². The molecular formula is C19H16N4O2S. The zero-order valence-corrected chi connectivity index (χ0v) is 15.1. The summed E-state index contributed by atoms with van der Waals surface area (Å²) in [4.78, 5) is 9.36. The Hall–Kier alpha value is -3.06. The summed E-state index contributed by atoms with van der Waals surface area (Å²) >= 11 is 0. The van der Waals surface area contributed by atoms with Crippen molar-refractivity contribution in [3.8, 4) is 22.5 Å². The SMILES string of the molecule is Cc1[nH]nc2nc(-c3ccc(S(C)(=O)=O)cc3)cc(-c3ccccn3)c12. The first kappa shape index (κ1) is 16.4. The van der Waals surface area contributed by atoms with E-state index in [4.69, 9.17) is 0 Å². The van der Waals surface area contributed by atoms with Crippen LogP contribution in [0.25, 0.3) is 33.5 Å². The fraction of sp³-hybridized carbons (Fsp3) is 0.105. The van der Waals surface area contributed by atoms with Gasteiger partial charge in [-0.15, -0.1) is 0 Å². The second-order valence-corrected chi connectivity index (χ2v) is 8.13. The predicted molar refractivity (Wildman–Crippen MR) is 100 cm³/mol. The van der Waals surface area contributed by atoms with Gasteiger partial charge < -0.3 is 0 Å².